The molecule has 0 radical (unpaired) electrons. The molecule has 0 aromatic carbocycles. The SMILES string of the molecule is CCN1CCN(C(C)(CN)CC(C)C)CC1. The Hall–Kier alpha value is -0.120. The molecule has 1 aliphatic rings. The van der Waals surface area contributed by atoms with E-state index in [0.29, 0.717) is 0 Å². The van der Waals surface area contributed by atoms with Gasteiger partial charge in [-0.25, -0.2) is 0 Å². The molecule has 3 nitrogen and oxygen atoms in total. The van der Waals surface area contributed by atoms with Crippen LogP contribution in [-0.4, -0.2) is 54.6 Å². The van der Waals surface area contributed by atoms with Crippen LogP contribution in [0.25, 0.3) is 0 Å². The highest BCUT2D eigenvalue weighted by Gasteiger charge is 2.32. The van der Waals surface area contributed by atoms with Gasteiger partial charge in [0.15, 0.2) is 0 Å². The zero-order valence-corrected chi connectivity index (χ0v) is 11.5. The molecular formula is C13H29N3. The van der Waals surface area contributed by atoms with Gasteiger partial charge in [-0.15, -0.1) is 0 Å². The van der Waals surface area contributed by atoms with Crippen LogP contribution in [0, 0.1) is 5.92 Å². The van der Waals surface area contributed by atoms with E-state index in [-0.39, 0.29) is 5.54 Å². The lowest BCUT2D eigenvalue weighted by Gasteiger charge is -2.46. The van der Waals surface area contributed by atoms with E-state index in [1.54, 1.807) is 0 Å². The van der Waals surface area contributed by atoms with Gasteiger partial charge >= 0.3 is 0 Å². The first kappa shape index (κ1) is 13.9. The van der Waals surface area contributed by atoms with Crippen molar-refractivity contribution in [3.63, 3.8) is 0 Å². The summed E-state index contributed by atoms with van der Waals surface area (Å²) in [5.41, 5.74) is 6.20. The predicted molar refractivity (Wildman–Crippen MR) is 70.6 cm³/mol. The second-order valence-corrected chi connectivity index (χ2v) is 5.72. The molecule has 1 rings (SSSR count). The molecule has 0 saturated carbocycles. The second-order valence-electron chi connectivity index (χ2n) is 5.72. The molecule has 3 heteroatoms. The topological polar surface area (TPSA) is 32.5 Å². The molecule has 0 bridgehead atoms. The van der Waals surface area contributed by atoms with Crippen molar-refractivity contribution in [2.24, 2.45) is 11.7 Å². The van der Waals surface area contributed by atoms with Gasteiger partial charge < -0.3 is 10.6 Å². The molecule has 1 atom stereocenters. The molecule has 1 saturated heterocycles. The van der Waals surface area contributed by atoms with Crippen LogP contribution in [0.2, 0.25) is 0 Å². The third-order valence-electron chi connectivity index (χ3n) is 3.87. The smallest absolute Gasteiger partial charge is 0.0307 e. The zero-order chi connectivity index (χ0) is 12.2. The molecule has 96 valence electrons. The highest BCUT2D eigenvalue weighted by molar-refractivity contribution is 4.90. The van der Waals surface area contributed by atoms with Crippen LogP contribution in [-0.2, 0) is 0 Å². The summed E-state index contributed by atoms with van der Waals surface area (Å²) >= 11 is 0. The molecule has 1 heterocycles. The van der Waals surface area contributed by atoms with Crippen LogP contribution in [0.5, 0.6) is 0 Å². The minimum absolute atomic E-state index is 0.202. The van der Waals surface area contributed by atoms with Crippen LogP contribution < -0.4 is 5.73 Å². The molecule has 2 N–H and O–H groups in total. The van der Waals surface area contributed by atoms with Crippen LogP contribution in [0.1, 0.15) is 34.1 Å². The van der Waals surface area contributed by atoms with Crippen molar-refractivity contribution >= 4 is 0 Å². The standard InChI is InChI=1S/C13H29N3/c1-5-15-6-8-16(9-7-15)13(4,11-14)10-12(2)3/h12H,5-11,14H2,1-4H3. The molecular weight excluding hydrogens is 198 g/mol. The molecule has 16 heavy (non-hydrogen) atoms. The van der Waals surface area contributed by atoms with Gasteiger partial charge in [0.05, 0.1) is 0 Å². The Bertz CT molecular complexity index is 197. The van der Waals surface area contributed by atoms with Crippen molar-refractivity contribution in [3.8, 4) is 0 Å². The van der Waals surface area contributed by atoms with E-state index in [1.165, 1.54) is 39.1 Å². The van der Waals surface area contributed by atoms with E-state index in [4.69, 9.17) is 5.73 Å². The van der Waals surface area contributed by atoms with Crippen LogP contribution in [0.4, 0.5) is 0 Å². The van der Waals surface area contributed by atoms with E-state index in [9.17, 15) is 0 Å². The summed E-state index contributed by atoms with van der Waals surface area (Å²) in [7, 11) is 0. The van der Waals surface area contributed by atoms with Crippen LogP contribution in [0.3, 0.4) is 0 Å². The number of hydrogen-bond donors (Lipinski definition) is 1. The van der Waals surface area contributed by atoms with Gasteiger partial charge in [0.25, 0.3) is 0 Å². The second kappa shape index (κ2) is 5.99. The maximum atomic E-state index is 6.00. The number of likely N-dealkylation sites (N-methyl/N-ethyl adjacent to an activating group) is 1. The highest BCUT2D eigenvalue weighted by Crippen LogP contribution is 2.24. The molecule has 0 spiro atoms. The lowest BCUT2D eigenvalue weighted by molar-refractivity contribution is 0.0361. The number of hydrogen-bond acceptors (Lipinski definition) is 3. The van der Waals surface area contributed by atoms with Crippen molar-refractivity contribution in [2.45, 2.75) is 39.7 Å². The Morgan fingerprint density at radius 2 is 1.75 bits per heavy atom. The Labute approximate surface area is 101 Å². The minimum Gasteiger partial charge on any atom is -0.329 e. The van der Waals surface area contributed by atoms with Crippen molar-refractivity contribution in [3.05, 3.63) is 0 Å². The molecule has 0 aromatic rings. The van der Waals surface area contributed by atoms with Crippen molar-refractivity contribution in [1.29, 1.82) is 0 Å². The van der Waals surface area contributed by atoms with Gasteiger partial charge in [0, 0.05) is 38.3 Å². The minimum atomic E-state index is 0.202. The fourth-order valence-corrected chi connectivity index (χ4v) is 2.82. The quantitative estimate of drug-likeness (QED) is 0.770. The average Bonchev–Trinajstić information content (AvgIpc) is 2.28. The van der Waals surface area contributed by atoms with Crippen LogP contribution >= 0.6 is 0 Å². The van der Waals surface area contributed by atoms with Crippen molar-refractivity contribution in [2.75, 3.05) is 39.3 Å². The largest absolute Gasteiger partial charge is 0.329 e. The Kier molecular flexibility index (Phi) is 5.22. The average molecular weight is 227 g/mol. The number of rotatable bonds is 5. The first-order chi connectivity index (χ1) is 7.51. The van der Waals surface area contributed by atoms with E-state index < -0.39 is 0 Å². The summed E-state index contributed by atoms with van der Waals surface area (Å²) < 4.78 is 0. The first-order valence-electron chi connectivity index (χ1n) is 6.69. The van der Waals surface area contributed by atoms with Gasteiger partial charge in [-0.1, -0.05) is 20.8 Å². The number of nitrogens with zero attached hydrogens (tertiary/aromatic N) is 2. The summed E-state index contributed by atoms with van der Waals surface area (Å²) in [5, 5.41) is 0. The maximum Gasteiger partial charge on any atom is 0.0307 e. The van der Waals surface area contributed by atoms with Crippen molar-refractivity contribution in [1.82, 2.24) is 9.80 Å². The van der Waals surface area contributed by atoms with Gasteiger partial charge in [-0.05, 0) is 25.8 Å². The monoisotopic (exact) mass is 227 g/mol. The normalized spacial score (nSPS) is 23.6. The van der Waals surface area contributed by atoms with Gasteiger partial charge in [-0.2, -0.15) is 0 Å². The van der Waals surface area contributed by atoms with E-state index >= 15 is 0 Å². The molecule has 1 aliphatic heterocycles. The maximum absolute atomic E-state index is 6.00. The summed E-state index contributed by atoms with van der Waals surface area (Å²) in [4.78, 5) is 5.11. The molecule has 0 aromatic heterocycles. The Balaban J connectivity index is 2.54. The lowest BCUT2D eigenvalue weighted by atomic mass is 9.88. The van der Waals surface area contributed by atoms with Gasteiger partial charge in [0.1, 0.15) is 0 Å². The van der Waals surface area contributed by atoms with Gasteiger partial charge in [0.2, 0.25) is 0 Å². The number of nitrogens with two attached hydrogens (primary N) is 1. The summed E-state index contributed by atoms with van der Waals surface area (Å²) in [6.07, 6.45) is 1.20. The lowest BCUT2D eigenvalue weighted by Crippen LogP contribution is -2.59. The summed E-state index contributed by atoms with van der Waals surface area (Å²) in [6, 6.07) is 0. The Morgan fingerprint density at radius 1 is 1.19 bits per heavy atom. The molecule has 0 aliphatic carbocycles. The molecule has 1 unspecified atom stereocenters. The van der Waals surface area contributed by atoms with E-state index in [0.717, 1.165) is 12.5 Å². The fraction of sp³-hybridized carbons (Fsp3) is 1.00. The fourth-order valence-electron chi connectivity index (χ4n) is 2.82. The summed E-state index contributed by atoms with van der Waals surface area (Å²) in [6.45, 7) is 15.8. The highest BCUT2D eigenvalue weighted by atomic mass is 15.3. The van der Waals surface area contributed by atoms with E-state index in [1.807, 2.05) is 0 Å². The van der Waals surface area contributed by atoms with Gasteiger partial charge in [-0.3, -0.25) is 4.90 Å². The van der Waals surface area contributed by atoms with Crippen molar-refractivity contribution < 1.29 is 0 Å². The molecule has 1 fully saturated rings. The third kappa shape index (κ3) is 3.44. The number of piperazine rings is 1. The third-order valence-corrected chi connectivity index (χ3v) is 3.87. The predicted octanol–water partition coefficient (Wildman–Crippen LogP) is 1.39. The molecule has 0 amide bonds. The summed E-state index contributed by atoms with van der Waals surface area (Å²) in [5.74, 6) is 0.720. The van der Waals surface area contributed by atoms with E-state index in [2.05, 4.69) is 37.5 Å². The zero-order valence-electron chi connectivity index (χ0n) is 11.5. The van der Waals surface area contributed by atoms with Crippen LogP contribution in [0.15, 0.2) is 0 Å². The first-order valence-corrected chi connectivity index (χ1v) is 6.69. The Morgan fingerprint density at radius 3 is 2.12 bits per heavy atom.